The van der Waals surface area contributed by atoms with Gasteiger partial charge in [-0.1, -0.05) is 49.8 Å². The van der Waals surface area contributed by atoms with Crippen LogP contribution >= 0.6 is 7.60 Å². The third kappa shape index (κ3) is 5.76. The fraction of sp³-hybridized carbons (Fsp3) is 0.474. The first kappa shape index (κ1) is 19.9. The lowest BCUT2D eigenvalue weighted by molar-refractivity contribution is 0.226. The molecule has 0 aromatic heterocycles. The van der Waals surface area contributed by atoms with Crippen molar-refractivity contribution in [3.8, 4) is 0 Å². The average Bonchev–Trinajstić information content (AvgIpc) is 2.55. The first-order valence-corrected chi connectivity index (χ1v) is 9.95. The molecule has 0 aliphatic heterocycles. The van der Waals surface area contributed by atoms with E-state index in [0.29, 0.717) is 19.6 Å². The highest BCUT2D eigenvalue weighted by atomic mass is 31.2. The van der Waals surface area contributed by atoms with Crippen LogP contribution in [0.1, 0.15) is 52.0 Å². The van der Waals surface area contributed by atoms with Crippen LogP contribution in [0.2, 0.25) is 0 Å². The minimum absolute atomic E-state index is 0.355. The zero-order valence-corrected chi connectivity index (χ0v) is 15.5. The van der Waals surface area contributed by atoms with Gasteiger partial charge in [0.25, 0.3) is 0 Å². The number of benzene rings is 1. The molecular formula is C19H29O3P. The zero-order chi connectivity index (χ0) is 17.1. The fourth-order valence-corrected chi connectivity index (χ4v) is 4.51. The molecule has 23 heavy (non-hydrogen) atoms. The maximum absolute atomic E-state index is 13.3. The van der Waals surface area contributed by atoms with Crippen molar-refractivity contribution < 1.29 is 13.6 Å². The summed E-state index contributed by atoms with van der Waals surface area (Å²) in [4.78, 5) is 0. The van der Waals surface area contributed by atoms with Gasteiger partial charge < -0.3 is 9.05 Å². The highest BCUT2D eigenvalue weighted by molar-refractivity contribution is 7.58. The molecule has 0 unspecified atom stereocenters. The van der Waals surface area contributed by atoms with E-state index in [9.17, 15) is 4.57 Å². The molecule has 0 saturated carbocycles. The summed E-state index contributed by atoms with van der Waals surface area (Å²) in [5, 5.41) is 0.746. The zero-order valence-electron chi connectivity index (χ0n) is 14.6. The first-order valence-electron chi connectivity index (χ1n) is 8.40. The Labute approximate surface area is 140 Å². The molecule has 0 atom stereocenters. The number of rotatable bonds is 11. The standard InChI is InChI=1S/C19H29O3P/c1-5-9-16-18(17-14-11-10-12-15-17)19(13-6-2)23(20,21-7-3)22-8-4/h6,10-12,14-15H,2,5,7-9,13,16H2,1,3-4H3/b19-18-. The van der Waals surface area contributed by atoms with Gasteiger partial charge in [0.1, 0.15) is 0 Å². The molecule has 0 heterocycles. The van der Waals surface area contributed by atoms with Gasteiger partial charge in [0.05, 0.1) is 13.2 Å². The Hall–Kier alpha value is -1.15. The van der Waals surface area contributed by atoms with Crippen molar-refractivity contribution in [2.24, 2.45) is 0 Å². The van der Waals surface area contributed by atoms with Crippen LogP contribution in [0.3, 0.4) is 0 Å². The van der Waals surface area contributed by atoms with E-state index >= 15 is 0 Å². The van der Waals surface area contributed by atoms with Gasteiger partial charge in [-0.3, -0.25) is 4.57 Å². The molecule has 4 heteroatoms. The van der Waals surface area contributed by atoms with Crippen molar-refractivity contribution in [2.75, 3.05) is 13.2 Å². The molecular weight excluding hydrogens is 307 g/mol. The van der Waals surface area contributed by atoms with Crippen molar-refractivity contribution in [3.63, 3.8) is 0 Å². The molecule has 0 aliphatic carbocycles. The Morgan fingerprint density at radius 1 is 1.13 bits per heavy atom. The van der Waals surface area contributed by atoms with Crippen LogP contribution in [0.25, 0.3) is 5.57 Å². The van der Waals surface area contributed by atoms with Crippen molar-refractivity contribution >= 4 is 13.2 Å². The monoisotopic (exact) mass is 336 g/mol. The fourth-order valence-electron chi connectivity index (χ4n) is 2.52. The summed E-state index contributed by atoms with van der Waals surface area (Å²) in [6, 6.07) is 10.1. The quantitative estimate of drug-likeness (QED) is 0.345. The Morgan fingerprint density at radius 3 is 2.22 bits per heavy atom. The molecule has 3 nitrogen and oxygen atoms in total. The van der Waals surface area contributed by atoms with Gasteiger partial charge in [0.2, 0.25) is 0 Å². The minimum atomic E-state index is -3.30. The van der Waals surface area contributed by atoms with Gasteiger partial charge in [0.15, 0.2) is 0 Å². The SMILES string of the molecule is C=CC/C(=C(\CCCC)c1ccccc1)P(=O)(OCC)OCC. The predicted octanol–water partition coefficient (Wildman–Crippen LogP) is 6.43. The summed E-state index contributed by atoms with van der Waals surface area (Å²) in [6.07, 6.45) is 5.24. The number of hydrogen-bond donors (Lipinski definition) is 0. The molecule has 0 spiro atoms. The van der Waals surface area contributed by atoms with Crippen LogP contribution in [-0.2, 0) is 13.6 Å². The van der Waals surface area contributed by atoms with Gasteiger partial charge in [-0.05, 0) is 44.2 Å². The highest BCUT2D eigenvalue weighted by Gasteiger charge is 2.31. The highest BCUT2D eigenvalue weighted by Crippen LogP contribution is 2.60. The van der Waals surface area contributed by atoms with Crippen molar-refractivity contribution in [3.05, 3.63) is 53.9 Å². The van der Waals surface area contributed by atoms with Crippen molar-refractivity contribution in [1.82, 2.24) is 0 Å². The molecule has 0 amide bonds. The molecule has 0 radical (unpaired) electrons. The molecule has 0 bridgehead atoms. The molecule has 0 aliphatic rings. The van der Waals surface area contributed by atoms with Crippen molar-refractivity contribution in [1.29, 1.82) is 0 Å². The molecule has 0 N–H and O–H groups in total. The molecule has 0 fully saturated rings. The maximum atomic E-state index is 13.3. The van der Waals surface area contributed by atoms with Gasteiger partial charge >= 0.3 is 7.60 Å². The van der Waals surface area contributed by atoms with E-state index in [2.05, 4.69) is 25.6 Å². The lowest BCUT2D eigenvalue weighted by atomic mass is 9.99. The minimum Gasteiger partial charge on any atom is -0.306 e. The molecule has 1 rings (SSSR count). The van der Waals surface area contributed by atoms with Gasteiger partial charge in [-0.15, -0.1) is 6.58 Å². The van der Waals surface area contributed by atoms with Crippen LogP contribution in [-0.4, -0.2) is 13.2 Å². The largest absolute Gasteiger partial charge is 0.357 e. The second-order valence-electron chi connectivity index (χ2n) is 5.22. The Bertz CT molecular complexity index is 539. The second kappa shape index (κ2) is 10.6. The second-order valence-corrected chi connectivity index (χ2v) is 7.27. The smallest absolute Gasteiger partial charge is 0.306 e. The summed E-state index contributed by atoms with van der Waals surface area (Å²) in [5.41, 5.74) is 2.15. The first-order chi connectivity index (χ1) is 11.1. The topological polar surface area (TPSA) is 35.5 Å². The third-order valence-electron chi connectivity index (χ3n) is 3.52. The van der Waals surface area contributed by atoms with Crippen LogP contribution in [0.15, 0.2) is 48.3 Å². The van der Waals surface area contributed by atoms with Gasteiger partial charge in [0, 0.05) is 5.31 Å². The van der Waals surface area contributed by atoms with E-state index in [0.717, 1.165) is 35.7 Å². The summed E-state index contributed by atoms with van der Waals surface area (Å²) in [5.74, 6) is 0. The third-order valence-corrected chi connectivity index (χ3v) is 5.83. The normalized spacial score (nSPS) is 12.8. The Kier molecular flexibility index (Phi) is 9.16. The summed E-state index contributed by atoms with van der Waals surface area (Å²) in [7, 11) is -3.30. The Balaban J connectivity index is 3.47. The number of hydrogen-bond acceptors (Lipinski definition) is 3. The van der Waals surface area contributed by atoms with Crippen LogP contribution in [0.4, 0.5) is 0 Å². The van der Waals surface area contributed by atoms with E-state index in [1.54, 1.807) is 6.08 Å². The molecule has 1 aromatic carbocycles. The number of allylic oxidation sites excluding steroid dienone is 3. The van der Waals surface area contributed by atoms with E-state index in [4.69, 9.17) is 9.05 Å². The lowest BCUT2D eigenvalue weighted by Crippen LogP contribution is -2.02. The van der Waals surface area contributed by atoms with Gasteiger partial charge in [-0.2, -0.15) is 0 Å². The predicted molar refractivity (Wildman–Crippen MR) is 98.6 cm³/mol. The molecule has 0 saturated heterocycles. The van der Waals surface area contributed by atoms with Crippen LogP contribution in [0, 0.1) is 0 Å². The average molecular weight is 336 g/mol. The number of unbranched alkanes of at least 4 members (excludes halogenated alkanes) is 1. The maximum Gasteiger partial charge on any atom is 0.357 e. The molecule has 1 aromatic rings. The van der Waals surface area contributed by atoms with E-state index < -0.39 is 7.60 Å². The molecule has 128 valence electrons. The van der Waals surface area contributed by atoms with Crippen molar-refractivity contribution in [2.45, 2.75) is 46.5 Å². The summed E-state index contributed by atoms with van der Waals surface area (Å²) in [6.45, 7) is 10.4. The Morgan fingerprint density at radius 2 is 1.74 bits per heavy atom. The van der Waals surface area contributed by atoms with E-state index in [1.165, 1.54) is 0 Å². The lowest BCUT2D eigenvalue weighted by Gasteiger charge is -2.23. The van der Waals surface area contributed by atoms with Gasteiger partial charge in [-0.25, -0.2) is 0 Å². The van der Waals surface area contributed by atoms with E-state index in [1.807, 2.05) is 32.0 Å². The van der Waals surface area contributed by atoms with Crippen LogP contribution in [0.5, 0.6) is 0 Å². The summed E-state index contributed by atoms with van der Waals surface area (Å²) < 4.78 is 24.5. The summed E-state index contributed by atoms with van der Waals surface area (Å²) >= 11 is 0. The van der Waals surface area contributed by atoms with E-state index in [-0.39, 0.29) is 0 Å². The van der Waals surface area contributed by atoms with Crippen LogP contribution < -0.4 is 0 Å².